The lowest BCUT2D eigenvalue weighted by molar-refractivity contribution is 0.0647. The number of aromatic amines is 2. The number of hydrogen-bond donors (Lipinski definition) is 2. The molecule has 9 nitrogen and oxygen atoms in total. The lowest BCUT2D eigenvalue weighted by Crippen LogP contribution is -2.39. The van der Waals surface area contributed by atoms with Gasteiger partial charge in [-0.15, -0.1) is 0 Å². The third kappa shape index (κ3) is 2.82. The molecule has 2 aromatic heterocycles. The molecule has 154 valence electrons. The zero-order valence-electron chi connectivity index (χ0n) is 15.8. The van der Waals surface area contributed by atoms with Crippen molar-refractivity contribution in [2.24, 2.45) is 0 Å². The molecular formula is C21H13ClN4O5. The Labute approximate surface area is 177 Å². The number of pyridine rings is 1. The number of carbonyl (C=O) groups excluding carboxylic acids is 2. The quantitative estimate of drug-likeness (QED) is 0.371. The Bertz CT molecular complexity index is 1580. The first-order valence-electron chi connectivity index (χ1n) is 9.30. The Kier molecular flexibility index (Phi) is 4.16. The van der Waals surface area contributed by atoms with E-state index in [0.29, 0.717) is 10.5 Å². The van der Waals surface area contributed by atoms with Gasteiger partial charge in [-0.2, -0.15) is 0 Å². The van der Waals surface area contributed by atoms with E-state index >= 15 is 0 Å². The van der Waals surface area contributed by atoms with E-state index in [4.69, 9.17) is 11.6 Å². The molecular weight excluding hydrogens is 424 g/mol. The molecule has 0 fully saturated rings. The number of nitrogens with zero attached hydrogens (tertiary/aromatic N) is 2. The van der Waals surface area contributed by atoms with Crippen molar-refractivity contribution in [3.63, 3.8) is 0 Å². The van der Waals surface area contributed by atoms with Crippen molar-refractivity contribution in [2.45, 2.75) is 6.54 Å². The van der Waals surface area contributed by atoms with Crippen LogP contribution in [0, 0.1) is 0 Å². The number of amides is 2. The number of benzene rings is 2. The Balaban J connectivity index is 1.57. The normalized spacial score (nSPS) is 13.4. The van der Waals surface area contributed by atoms with E-state index in [1.165, 1.54) is 18.2 Å². The topological polar surface area (TPSA) is 125 Å². The summed E-state index contributed by atoms with van der Waals surface area (Å²) in [5.41, 5.74) is -1.28. The molecule has 1 aliphatic heterocycles. The summed E-state index contributed by atoms with van der Waals surface area (Å²) < 4.78 is 0.936. The van der Waals surface area contributed by atoms with E-state index in [2.05, 4.69) is 10.1 Å². The van der Waals surface area contributed by atoms with Crippen LogP contribution in [0.5, 0.6) is 0 Å². The van der Waals surface area contributed by atoms with Crippen molar-refractivity contribution >= 4 is 45.2 Å². The Hall–Kier alpha value is -3.98. The third-order valence-corrected chi connectivity index (χ3v) is 5.55. The molecule has 2 aromatic carbocycles. The molecule has 0 atom stereocenters. The molecule has 4 aromatic rings. The molecule has 0 aliphatic carbocycles. The van der Waals surface area contributed by atoms with Crippen molar-refractivity contribution in [3.05, 3.63) is 89.5 Å². The minimum Gasteiger partial charge on any atom is -0.350 e. The zero-order valence-corrected chi connectivity index (χ0v) is 16.5. The number of aromatic nitrogens is 3. The van der Waals surface area contributed by atoms with E-state index in [-0.39, 0.29) is 40.5 Å². The van der Waals surface area contributed by atoms with Crippen LogP contribution < -0.4 is 16.5 Å². The Morgan fingerprint density at radius 2 is 1.55 bits per heavy atom. The number of hydrogen-bond acceptors (Lipinski definition) is 5. The number of carbonyl (C=O) groups is 2. The molecule has 0 saturated carbocycles. The van der Waals surface area contributed by atoms with Gasteiger partial charge in [0.2, 0.25) is 5.43 Å². The minimum atomic E-state index is -0.732. The van der Waals surface area contributed by atoms with Gasteiger partial charge in [0.1, 0.15) is 10.9 Å². The van der Waals surface area contributed by atoms with Gasteiger partial charge in [-0.05, 0) is 30.3 Å². The summed E-state index contributed by atoms with van der Waals surface area (Å²) >= 11 is 5.95. The number of fused-ring (bicyclic) bond motifs is 3. The minimum absolute atomic E-state index is 0.144. The van der Waals surface area contributed by atoms with Crippen LogP contribution in [0.3, 0.4) is 0 Å². The summed E-state index contributed by atoms with van der Waals surface area (Å²) in [5, 5.41) is 2.67. The van der Waals surface area contributed by atoms with Crippen molar-refractivity contribution in [2.75, 3.05) is 6.54 Å². The lowest BCUT2D eigenvalue weighted by Gasteiger charge is -2.15. The van der Waals surface area contributed by atoms with Crippen LogP contribution in [0.1, 0.15) is 20.7 Å². The number of halogens is 1. The number of imide groups is 1. The highest BCUT2D eigenvalue weighted by molar-refractivity contribution is 6.31. The second-order valence-electron chi connectivity index (χ2n) is 7.10. The van der Waals surface area contributed by atoms with E-state index in [0.717, 1.165) is 9.58 Å². The largest absolute Gasteiger partial charge is 0.350 e. The molecule has 10 heteroatoms. The summed E-state index contributed by atoms with van der Waals surface area (Å²) in [4.78, 5) is 67.2. The van der Waals surface area contributed by atoms with Crippen LogP contribution in [0.15, 0.2) is 56.8 Å². The van der Waals surface area contributed by atoms with Crippen LogP contribution in [0.25, 0.3) is 21.8 Å². The van der Waals surface area contributed by atoms with E-state index in [1.54, 1.807) is 24.3 Å². The average Bonchev–Trinajstić information content (AvgIpc) is 2.99. The maximum Gasteiger partial charge on any atom is 0.287 e. The van der Waals surface area contributed by atoms with Crippen molar-refractivity contribution in [1.82, 2.24) is 19.7 Å². The van der Waals surface area contributed by atoms with Gasteiger partial charge in [-0.1, -0.05) is 23.7 Å². The predicted molar refractivity (Wildman–Crippen MR) is 114 cm³/mol. The molecule has 5 rings (SSSR count). The molecule has 31 heavy (non-hydrogen) atoms. The first-order chi connectivity index (χ1) is 14.9. The standard InChI is InChI=1S/C21H13ClN4O5/c22-10-5-6-13-14(9-10)23-16-15(17(13)27)21(31)26(24-18(16)28)8-7-25-19(29)11-3-1-2-4-12(11)20(25)30/h1-6,9H,7-8H2,(H,23,27)(H,24,28). The fourth-order valence-corrected chi connectivity index (χ4v) is 3.97. The molecule has 0 saturated heterocycles. The second-order valence-corrected chi connectivity index (χ2v) is 7.54. The highest BCUT2D eigenvalue weighted by atomic mass is 35.5. The molecule has 0 bridgehead atoms. The van der Waals surface area contributed by atoms with Gasteiger partial charge in [-0.3, -0.25) is 34.0 Å². The number of rotatable bonds is 3. The molecule has 0 spiro atoms. The SMILES string of the molecule is O=C1c2ccccc2C(=O)N1CCn1[nH]c(=O)c2[nH]c3cc(Cl)ccc3c(=O)c2c1=O. The van der Waals surface area contributed by atoms with Crippen molar-refractivity contribution < 1.29 is 9.59 Å². The van der Waals surface area contributed by atoms with Crippen molar-refractivity contribution in [3.8, 4) is 0 Å². The molecule has 3 heterocycles. The molecule has 1 aliphatic rings. The Morgan fingerprint density at radius 3 is 2.23 bits per heavy atom. The zero-order chi connectivity index (χ0) is 21.9. The van der Waals surface area contributed by atoms with E-state index in [9.17, 15) is 24.0 Å². The maximum absolute atomic E-state index is 13.0. The summed E-state index contributed by atoms with van der Waals surface area (Å²) in [7, 11) is 0. The number of nitrogens with one attached hydrogen (secondary N) is 2. The van der Waals surface area contributed by atoms with E-state index in [1.807, 2.05) is 0 Å². The summed E-state index contributed by atoms with van der Waals surface area (Å²) in [5.74, 6) is -0.949. The highest BCUT2D eigenvalue weighted by Crippen LogP contribution is 2.22. The fraction of sp³-hybridized carbons (Fsp3) is 0.0952. The van der Waals surface area contributed by atoms with Crippen LogP contribution in [0.4, 0.5) is 0 Å². The molecule has 2 amide bonds. The van der Waals surface area contributed by atoms with Gasteiger partial charge in [0.05, 0.1) is 23.2 Å². The van der Waals surface area contributed by atoms with Crippen LogP contribution in [-0.2, 0) is 6.54 Å². The van der Waals surface area contributed by atoms with Crippen molar-refractivity contribution in [1.29, 1.82) is 0 Å². The first kappa shape index (κ1) is 19.0. The first-order valence-corrected chi connectivity index (χ1v) is 9.68. The van der Waals surface area contributed by atoms with Gasteiger partial charge in [0.25, 0.3) is 22.9 Å². The monoisotopic (exact) mass is 436 g/mol. The number of H-pyrrole nitrogens is 2. The summed E-state index contributed by atoms with van der Waals surface area (Å²) in [6.07, 6.45) is 0. The third-order valence-electron chi connectivity index (χ3n) is 5.31. The van der Waals surface area contributed by atoms with Crippen LogP contribution in [0.2, 0.25) is 5.02 Å². The smallest absolute Gasteiger partial charge is 0.287 e. The fourth-order valence-electron chi connectivity index (χ4n) is 3.80. The van der Waals surface area contributed by atoms with Gasteiger partial charge >= 0.3 is 0 Å². The molecule has 0 unspecified atom stereocenters. The maximum atomic E-state index is 13.0. The summed E-state index contributed by atoms with van der Waals surface area (Å²) in [6.45, 7) is -0.317. The van der Waals surface area contributed by atoms with Gasteiger partial charge in [-0.25, -0.2) is 4.68 Å². The van der Waals surface area contributed by atoms with Crippen LogP contribution in [-0.4, -0.2) is 38.0 Å². The van der Waals surface area contributed by atoms with E-state index < -0.39 is 28.4 Å². The Morgan fingerprint density at radius 1 is 0.871 bits per heavy atom. The second kappa shape index (κ2) is 6.78. The van der Waals surface area contributed by atoms with Gasteiger partial charge in [0, 0.05) is 17.0 Å². The van der Waals surface area contributed by atoms with Gasteiger partial charge in [0.15, 0.2) is 0 Å². The average molecular weight is 437 g/mol. The molecule has 2 N–H and O–H groups in total. The lowest BCUT2D eigenvalue weighted by atomic mass is 10.1. The summed E-state index contributed by atoms with van der Waals surface area (Å²) in [6, 6.07) is 10.9. The molecule has 0 radical (unpaired) electrons. The predicted octanol–water partition coefficient (Wildman–Crippen LogP) is 1.48. The van der Waals surface area contributed by atoms with Crippen LogP contribution >= 0.6 is 11.6 Å². The highest BCUT2D eigenvalue weighted by Gasteiger charge is 2.34. The van der Waals surface area contributed by atoms with Gasteiger partial charge < -0.3 is 4.98 Å².